The number of benzene rings is 2. The van der Waals surface area contributed by atoms with Crippen LogP contribution in [0.4, 0.5) is 0 Å². The van der Waals surface area contributed by atoms with Crippen molar-refractivity contribution in [1.29, 1.82) is 0 Å². The lowest BCUT2D eigenvalue weighted by Gasteiger charge is -2.18. The highest BCUT2D eigenvalue weighted by Crippen LogP contribution is 2.57. The topological polar surface area (TPSA) is 58.9 Å². The number of fused-ring (bicyclic) bond motifs is 1. The van der Waals surface area contributed by atoms with Crippen molar-refractivity contribution in [2.45, 2.75) is 78.9 Å². The van der Waals surface area contributed by atoms with Gasteiger partial charge in [0.05, 0.1) is 18.5 Å². The largest absolute Gasteiger partial charge is 0.516 e. The summed E-state index contributed by atoms with van der Waals surface area (Å²) in [5.74, 6) is 3.22. The van der Waals surface area contributed by atoms with Gasteiger partial charge in [-0.2, -0.15) is 0 Å². The van der Waals surface area contributed by atoms with Crippen molar-refractivity contribution >= 4 is 0 Å². The van der Waals surface area contributed by atoms with Crippen molar-refractivity contribution in [1.82, 2.24) is 0 Å². The van der Waals surface area contributed by atoms with Crippen LogP contribution in [0.3, 0.4) is 0 Å². The molecule has 0 saturated heterocycles. The summed E-state index contributed by atoms with van der Waals surface area (Å²) in [4.78, 5) is 0. The molecule has 2 N–H and O–H groups in total. The normalized spacial score (nSPS) is 21.2. The number of aryl methyl sites for hydroxylation is 2. The highest BCUT2D eigenvalue weighted by Gasteiger charge is 2.46. The van der Waals surface area contributed by atoms with E-state index in [1.54, 1.807) is 13.8 Å². The molecule has 0 heterocycles. The molecule has 2 aromatic rings. The maximum absolute atomic E-state index is 9.91. The van der Waals surface area contributed by atoms with Gasteiger partial charge in [-0.15, -0.1) is 0 Å². The van der Waals surface area contributed by atoms with E-state index in [-0.39, 0.29) is 0 Å². The van der Waals surface area contributed by atoms with Gasteiger partial charge in [-0.05, 0) is 141 Å². The lowest BCUT2D eigenvalue weighted by Crippen LogP contribution is -2.21. The Kier molecular flexibility index (Phi) is 9.07. The van der Waals surface area contributed by atoms with Crippen LogP contribution >= 0.6 is 0 Å². The predicted octanol–water partition coefficient (Wildman–Crippen LogP) is 8.68. The van der Waals surface area contributed by atoms with E-state index in [1.165, 1.54) is 51.7 Å². The molecule has 0 aromatic heterocycles. The Morgan fingerprint density at radius 1 is 1.13 bits per heavy atom. The van der Waals surface area contributed by atoms with Gasteiger partial charge in [-0.1, -0.05) is 30.9 Å². The molecule has 0 spiro atoms. The van der Waals surface area contributed by atoms with Gasteiger partial charge in [-0.25, -0.2) is 0 Å². The monoisotopic (exact) mass is 528 g/mol. The van der Waals surface area contributed by atoms with Crippen molar-refractivity contribution in [2.75, 3.05) is 6.61 Å². The number of ether oxygens (including phenoxy) is 2. The fourth-order valence-corrected chi connectivity index (χ4v) is 5.35. The molecule has 0 amide bonds. The molecule has 0 aliphatic heterocycles. The molecule has 208 valence electrons. The molecular formula is C35H44O4. The molecule has 39 heavy (non-hydrogen) atoms. The van der Waals surface area contributed by atoms with Gasteiger partial charge in [-0.3, -0.25) is 0 Å². The van der Waals surface area contributed by atoms with Crippen LogP contribution in [-0.4, -0.2) is 22.4 Å². The predicted molar refractivity (Wildman–Crippen MR) is 160 cm³/mol. The minimum Gasteiger partial charge on any atom is -0.516 e. The second kappa shape index (κ2) is 12.3. The second-order valence-corrected chi connectivity index (χ2v) is 11.8. The number of aliphatic hydroxyl groups excluding tert-OH is 1. The summed E-state index contributed by atoms with van der Waals surface area (Å²) in [6.07, 6.45) is 10.9. The lowest BCUT2D eigenvalue weighted by molar-refractivity contribution is 0.0553. The second-order valence-electron chi connectivity index (χ2n) is 11.8. The van der Waals surface area contributed by atoms with Crippen LogP contribution in [0.15, 0.2) is 83.9 Å². The summed E-state index contributed by atoms with van der Waals surface area (Å²) in [6.45, 7) is 15.1. The standard InChI is InChI=1S/C31H38O3.C4H6O/c1-7-28-25(17-26-18-29(26)28)15-22(4)34-19-23-9-8-10-24(16-23)30-20(2)13-27(14-21(30)3)33-12-11-31(5,6)32;5-3-4-1-2-4/h7-10,13-16,26,29,32H,4,11-12,17-19H2,1-3,5-6H3;3,5H,1-2H2/b25-15-,28-7+;. The molecule has 3 aliphatic carbocycles. The molecule has 5 rings (SSSR count). The lowest BCUT2D eigenvalue weighted by atomic mass is 9.94. The molecule has 2 atom stereocenters. The van der Waals surface area contributed by atoms with Gasteiger partial charge < -0.3 is 19.7 Å². The van der Waals surface area contributed by atoms with E-state index in [9.17, 15) is 5.11 Å². The van der Waals surface area contributed by atoms with Crippen LogP contribution in [0.25, 0.3) is 11.1 Å². The first-order chi connectivity index (χ1) is 18.6. The highest BCUT2D eigenvalue weighted by molar-refractivity contribution is 5.72. The summed E-state index contributed by atoms with van der Waals surface area (Å²) < 4.78 is 11.9. The van der Waals surface area contributed by atoms with Crippen LogP contribution < -0.4 is 4.74 Å². The van der Waals surface area contributed by atoms with E-state index < -0.39 is 5.60 Å². The Labute approximate surface area is 234 Å². The quantitative estimate of drug-likeness (QED) is 0.320. The highest BCUT2D eigenvalue weighted by atomic mass is 16.5. The Morgan fingerprint density at radius 3 is 2.44 bits per heavy atom. The molecule has 4 nitrogen and oxygen atoms in total. The van der Waals surface area contributed by atoms with Crippen LogP contribution in [-0.2, 0) is 11.3 Å². The molecule has 3 aliphatic rings. The van der Waals surface area contributed by atoms with E-state index in [1.807, 2.05) is 0 Å². The van der Waals surface area contributed by atoms with Gasteiger partial charge in [0, 0.05) is 6.42 Å². The average Bonchev–Trinajstić information content (AvgIpc) is 3.80. The molecule has 3 saturated carbocycles. The summed E-state index contributed by atoms with van der Waals surface area (Å²) in [5, 5.41) is 18.0. The van der Waals surface area contributed by atoms with E-state index in [0.29, 0.717) is 19.6 Å². The van der Waals surface area contributed by atoms with E-state index in [4.69, 9.17) is 14.6 Å². The maximum Gasteiger partial charge on any atom is 0.119 e. The fraction of sp³-hybridized carbons (Fsp3) is 0.429. The first kappa shape index (κ1) is 28.8. The first-order valence-corrected chi connectivity index (χ1v) is 14.1. The number of rotatable bonds is 9. The number of hydrogen-bond donors (Lipinski definition) is 2. The van der Waals surface area contributed by atoms with Gasteiger partial charge in [0.2, 0.25) is 0 Å². The Hall–Kier alpha value is -3.24. The molecule has 4 heteroatoms. The number of aliphatic hydroxyl groups is 2. The van der Waals surface area contributed by atoms with E-state index in [0.717, 1.165) is 48.2 Å². The Morgan fingerprint density at radius 2 is 1.85 bits per heavy atom. The van der Waals surface area contributed by atoms with Gasteiger partial charge in [0.15, 0.2) is 0 Å². The molecule has 0 bridgehead atoms. The Balaban J connectivity index is 0.000000634. The van der Waals surface area contributed by atoms with Crippen molar-refractivity contribution in [3.63, 3.8) is 0 Å². The summed E-state index contributed by atoms with van der Waals surface area (Å²) in [7, 11) is 0. The summed E-state index contributed by atoms with van der Waals surface area (Å²) in [6, 6.07) is 12.7. The van der Waals surface area contributed by atoms with Crippen LogP contribution in [0, 0.1) is 25.7 Å². The SMILES string of the molecule is C=C(/C=C1/CC2CC2/C1=C/C)OCc1cccc(-c2c(C)cc(OCCC(C)(C)O)cc2C)c1.OC=C1CC1. The van der Waals surface area contributed by atoms with Crippen molar-refractivity contribution in [3.8, 4) is 16.9 Å². The minimum absolute atomic E-state index is 0.492. The molecule has 2 aromatic carbocycles. The zero-order chi connectivity index (χ0) is 28.2. The molecular weight excluding hydrogens is 484 g/mol. The third kappa shape index (κ3) is 8.12. The fourth-order valence-electron chi connectivity index (χ4n) is 5.35. The van der Waals surface area contributed by atoms with Crippen LogP contribution in [0.2, 0.25) is 0 Å². The number of allylic oxidation sites excluding steroid dienone is 5. The number of hydrogen-bond acceptors (Lipinski definition) is 4. The van der Waals surface area contributed by atoms with Crippen LogP contribution in [0.1, 0.15) is 69.6 Å². The third-order valence-corrected chi connectivity index (χ3v) is 7.67. The zero-order valence-electron chi connectivity index (χ0n) is 24.2. The van der Waals surface area contributed by atoms with E-state index in [2.05, 4.69) is 75.9 Å². The first-order valence-electron chi connectivity index (χ1n) is 14.1. The van der Waals surface area contributed by atoms with Crippen molar-refractivity contribution in [2.24, 2.45) is 11.8 Å². The van der Waals surface area contributed by atoms with Crippen molar-refractivity contribution < 1.29 is 19.7 Å². The average molecular weight is 529 g/mol. The summed E-state index contributed by atoms with van der Waals surface area (Å²) >= 11 is 0. The smallest absolute Gasteiger partial charge is 0.119 e. The van der Waals surface area contributed by atoms with Gasteiger partial charge in [0.1, 0.15) is 18.1 Å². The molecule has 0 radical (unpaired) electrons. The Bertz CT molecular complexity index is 1260. The zero-order valence-corrected chi connectivity index (χ0v) is 24.2. The van der Waals surface area contributed by atoms with E-state index >= 15 is 0 Å². The summed E-state index contributed by atoms with van der Waals surface area (Å²) in [5.41, 5.74) is 9.23. The van der Waals surface area contributed by atoms with Crippen molar-refractivity contribution in [3.05, 3.63) is 101 Å². The van der Waals surface area contributed by atoms with Gasteiger partial charge >= 0.3 is 0 Å². The maximum atomic E-state index is 9.91. The molecule has 2 unspecified atom stereocenters. The van der Waals surface area contributed by atoms with Crippen LogP contribution in [0.5, 0.6) is 5.75 Å². The third-order valence-electron chi connectivity index (χ3n) is 7.67. The van der Waals surface area contributed by atoms with Gasteiger partial charge in [0.25, 0.3) is 0 Å². The molecule has 3 fully saturated rings. The minimum atomic E-state index is -0.722.